The average molecular weight is 206 g/mol. The highest BCUT2D eigenvalue weighted by atomic mass is 31.2. The molecule has 0 spiro atoms. The molecule has 1 aliphatic carbocycles. The van der Waals surface area contributed by atoms with Crippen molar-refractivity contribution in [1.29, 1.82) is 0 Å². The molecule has 0 heterocycles. The molecule has 5 heteroatoms. The molecule has 13 heavy (non-hydrogen) atoms. The third-order valence-corrected chi connectivity index (χ3v) is 3.40. The van der Waals surface area contributed by atoms with Crippen LogP contribution in [0.2, 0.25) is 0 Å². The molecule has 0 aromatic rings. The molecule has 4 nitrogen and oxygen atoms in total. The average Bonchev–Trinajstić information content (AvgIpc) is 2.19. The van der Waals surface area contributed by atoms with Crippen LogP contribution in [0.1, 0.15) is 19.3 Å². The lowest BCUT2D eigenvalue weighted by atomic mass is 10.1. The summed E-state index contributed by atoms with van der Waals surface area (Å²) in [5, 5.41) is 0. The molecule has 1 aliphatic rings. The van der Waals surface area contributed by atoms with Gasteiger partial charge in [0.2, 0.25) is 0 Å². The summed E-state index contributed by atoms with van der Waals surface area (Å²) in [6, 6.07) is 0. The van der Waals surface area contributed by atoms with Gasteiger partial charge in [0.1, 0.15) is 0 Å². The fraction of sp³-hybridized carbons (Fsp3) is 0.750. The maximum absolute atomic E-state index is 11.5. The predicted molar refractivity (Wildman–Crippen MR) is 49.5 cm³/mol. The van der Waals surface area contributed by atoms with Gasteiger partial charge in [-0.05, 0) is 19.3 Å². The number of phosphoric acid groups is 1. The largest absolute Gasteiger partial charge is 0.474 e. The minimum absolute atomic E-state index is 0.0456. The van der Waals surface area contributed by atoms with Crippen LogP contribution in [0.3, 0.4) is 0 Å². The quantitative estimate of drug-likeness (QED) is 0.523. The van der Waals surface area contributed by atoms with Gasteiger partial charge in [-0.1, -0.05) is 12.2 Å². The van der Waals surface area contributed by atoms with Crippen molar-refractivity contribution in [3.63, 3.8) is 0 Å². The van der Waals surface area contributed by atoms with E-state index in [-0.39, 0.29) is 6.10 Å². The third-order valence-electron chi connectivity index (χ3n) is 1.95. The lowest BCUT2D eigenvalue weighted by molar-refractivity contribution is 0.0995. The summed E-state index contributed by atoms with van der Waals surface area (Å²) in [7, 11) is -0.639. The van der Waals surface area contributed by atoms with Gasteiger partial charge < -0.3 is 0 Å². The van der Waals surface area contributed by atoms with Gasteiger partial charge in [0, 0.05) is 14.2 Å². The molecule has 1 unspecified atom stereocenters. The van der Waals surface area contributed by atoms with E-state index in [1.807, 2.05) is 6.08 Å². The van der Waals surface area contributed by atoms with Crippen molar-refractivity contribution in [2.24, 2.45) is 0 Å². The van der Waals surface area contributed by atoms with E-state index >= 15 is 0 Å². The maximum atomic E-state index is 11.5. The third kappa shape index (κ3) is 3.24. The van der Waals surface area contributed by atoms with Gasteiger partial charge in [0.05, 0.1) is 6.10 Å². The van der Waals surface area contributed by atoms with E-state index in [9.17, 15) is 4.57 Å². The molecular weight excluding hydrogens is 191 g/mol. The Morgan fingerprint density at radius 2 is 2.00 bits per heavy atom. The van der Waals surface area contributed by atoms with Crippen LogP contribution in [-0.2, 0) is 18.1 Å². The van der Waals surface area contributed by atoms with Gasteiger partial charge in [-0.25, -0.2) is 4.57 Å². The second-order valence-corrected chi connectivity index (χ2v) is 4.66. The van der Waals surface area contributed by atoms with Crippen molar-refractivity contribution in [3.05, 3.63) is 12.2 Å². The summed E-state index contributed by atoms with van der Waals surface area (Å²) in [5.74, 6) is 0. The van der Waals surface area contributed by atoms with Crippen LogP contribution >= 0.6 is 7.82 Å². The maximum Gasteiger partial charge on any atom is 0.474 e. The van der Waals surface area contributed by atoms with Crippen LogP contribution in [0.5, 0.6) is 0 Å². The summed E-state index contributed by atoms with van der Waals surface area (Å²) in [6.07, 6.45) is 6.66. The highest BCUT2D eigenvalue weighted by molar-refractivity contribution is 7.48. The second-order valence-electron chi connectivity index (χ2n) is 2.82. The van der Waals surface area contributed by atoms with Crippen molar-refractivity contribution < 1.29 is 18.1 Å². The zero-order valence-electron chi connectivity index (χ0n) is 7.93. The number of hydrogen-bond acceptors (Lipinski definition) is 4. The fourth-order valence-electron chi connectivity index (χ4n) is 1.20. The van der Waals surface area contributed by atoms with Crippen molar-refractivity contribution in [2.45, 2.75) is 25.4 Å². The van der Waals surface area contributed by atoms with Gasteiger partial charge in [-0.15, -0.1) is 0 Å². The molecule has 0 saturated carbocycles. The van der Waals surface area contributed by atoms with Crippen molar-refractivity contribution >= 4 is 7.82 Å². The Bertz CT molecular complexity index is 218. The molecule has 0 radical (unpaired) electrons. The molecule has 1 rings (SSSR count). The summed E-state index contributed by atoms with van der Waals surface area (Å²) in [4.78, 5) is 0. The van der Waals surface area contributed by atoms with Crippen molar-refractivity contribution in [2.75, 3.05) is 14.2 Å². The van der Waals surface area contributed by atoms with Gasteiger partial charge >= 0.3 is 7.82 Å². The lowest BCUT2D eigenvalue weighted by Gasteiger charge is -2.22. The second kappa shape index (κ2) is 4.91. The zero-order valence-corrected chi connectivity index (χ0v) is 8.83. The molecule has 0 N–H and O–H groups in total. The molecule has 0 fully saturated rings. The minimum Gasteiger partial charge on any atom is -0.290 e. The Morgan fingerprint density at radius 1 is 1.31 bits per heavy atom. The normalized spacial score (nSPS) is 23.4. The first kappa shape index (κ1) is 10.9. The lowest BCUT2D eigenvalue weighted by Crippen LogP contribution is -2.13. The Balaban J connectivity index is 2.46. The number of allylic oxidation sites excluding steroid dienone is 1. The van der Waals surface area contributed by atoms with Crippen LogP contribution < -0.4 is 0 Å². The molecule has 0 bridgehead atoms. The van der Waals surface area contributed by atoms with Gasteiger partial charge in [-0.2, -0.15) is 0 Å². The molecule has 0 aromatic heterocycles. The Labute approximate surface area is 78.5 Å². The Hall–Kier alpha value is -0.150. The monoisotopic (exact) mass is 206 g/mol. The van der Waals surface area contributed by atoms with Crippen LogP contribution in [-0.4, -0.2) is 20.3 Å². The molecular formula is C8H15O4P. The fourth-order valence-corrected chi connectivity index (χ4v) is 2.08. The minimum atomic E-state index is -3.28. The number of rotatable bonds is 4. The van der Waals surface area contributed by atoms with E-state index in [1.165, 1.54) is 14.2 Å². The van der Waals surface area contributed by atoms with Gasteiger partial charge in [-0.3, -0.25) is 13.6 Å². The Kier molecular flexibility index (Phi) is 4.13. The van der Waals surface area contributed by atoms with Gasteiger partial charge in [0.15, 0.2) is 0 Å². The molecule has 0 amide bonds. The molecule has 0 saturated heterocycles. The number of hydrogen-bond donors (Lipinski definition) is 0. The van der Waals surface area contributed by atoms with Crippen LogP contribution in [0.4, 0.5) is 0 Å². The predicted octanol–water partition coefficient (Wildman–Crippen LogP) is 2.51. The first-order chi connectivity index (χ1) is 6.20. The first-order valence-electron chi connectivity index (χ1n) is 4.25. The van der Waals surface area contributed by atoms with Crippen LogP contribution in [0, 0.1) is 0 Å². The van der Waals surface area contributed by atoms with E-state index in [2.05, 4.69) is 15.1 Å². The summed E-state index contributed by atoms with van der Waals surface area (Å²) in [6.45, 7) is 0. The van der Waals surface area contributed by atoms with E-state index in [4.69, 9.17) is 4.52 Å². The highest BCUT2D eigenvalue weighted by Crippen LogP contribution is 2.49. The van der Waals surface area contributed by atoms with Gasteiger partial charge in [0.25, 0.3) is 0 Å². The van der Waals surface area contributed by atoms with Crippen molar-refractivity contribution in [3.8, 4) is 0 Å². The smallest absolute Gasteiger partial charge is 0.290 e. The molecule has 76 valence electrons. The van der Waals surface area contributed by atoms with E-state index in [0.29, 0.717) is 0 Å². The summed E-state index contributed by atoms with van der Waals surface area (Å²) in [5.41, 5.74) is 0. The molecule has 0 aliphatic heterocycles. The summed E-state index contributed by atoms with van der Waals surface area (Å²) >= 11 is 0. The molecule has 0 aromatic carbocycles. The van der Waals surface area contributed by atoms with Crippen LogP contribution in [0.15, 0.2) is 12.2 Å². The van der Waals surface area contributed by atoms with Crippen LogP contribution in [0.25, 0.3) is 0 Å². The Morgan fingerprint density at radius 3 is 2.46 bits per heavy atom. The summed E-state index contributed by atoms with van der Waals surface area (Å²) < 4.78 is 26.1. The molecule has 1 atom stereocenters. The van der Waals surface area contributed by atoms with E-state index in [1.54, 1.807) is 0 Å². The highest BCUT2D eigenvalue weighted by Gasteiger charge is 2.27. The first-order valence-corrected chi connectivity index (χ1v) is 5.71. The van der Waals surface area contributed by atoms with E-state index in [0.717, 1.165) is 19.3 Å². The zero-order chi connectivity index (χ0) is 9.73. The standard InChI is InChI=1S/C8H15O4P/c1-10-13(9,11-2)12-8-6-4-3-5-7-8/h3-4,8H,5-7H2,1-2H3. The SMILES string of the molecule is COP(=O)(OC)OC1CC=CCC1. The number of phosphoric ester groups is 1. The van der Waals surface area contributed by atoms with Crippen molar-refractivity contribution in [1.82, 2.24) is 0 Å². The van der Waals surface area contributed by atoms with E-state index < -0.39 is 7.82 Å². The topological polar surface area (TPSA) is 44.8 Å².